The van der Waals surface area contributed by atoms with Gasteiger partial charge in [-0.15, -0.1) is 0 Å². The second-order valence-electron chi connectivity index (χ2n) is 7.80. The third kappa shape index (κ3) is 3.59. The molecular weight excluding hydrogens is 336 g/mol. The van der Waals surface area contributed by atoms with Gasteiger partial charge in [0.25, 0.3) is 5.91 Å². The van der Waals surface area contributed by atoms with Crippen LogP contribution in [0.2, 0.25) is 0 Å². The SMILES string of the molecule is CCc1ccc2nc(C)cc(C(=O)NCC3(Cn4ccnc4C)CC3)c2c1. The molecule has 0 spiro atoms. The lowest BCUT2D eigenvalue weighted by Crippen LogP contribution is -2.32. The Hall–Kier alpha value is -2.69. The first-order valence-corrected chi connectivity index (χ1v) is 9.66. The average Bonchev–Trinajstić information content (AvgIpc) is 3.32. The monoisotopic (exact) mass is 362 g/mol. The van der Waals surface area contributed by atoms with Gasteiger partial charge in [-0.1, -0.05) is 13.0 Å². The maximum absolute atomic E-state index is 13.0. The largest absolute Gasteiger partial charge is 0.351 e. The van der Waals surface area contributed by atoms with E-state index >= 15 is 0 Å². The van der Waals surface area contributed by atoms with Crippen LogP contribution in [-0.4, -0.2) is 27.0 Å². The molecule has 0 radical (unpaired) electrons. The second-order valence-corrected chi connectivity index (χ2v) is 7.80. The Kier molecular flexibility index (Phi) is 4.46. The highest BCUT2D eigenvalue weighted by Crippen LogP contribution is 2.46. The van der Waals surface area contributed by atoms with E-state index in [0.29, 0.717) is 6.54 Å². The van der Waals surface area contributed by atoms with Gasteiger partial charge < -0.3 is 9.88 Å². The Labute approximate surface area is 159 Å². The van der Waals surface area contributed by atoms with Crippen molar-refractivity contribution in [3.63, 3.8) is 0 Å². The molecule has 1 fully saturated rings. The molecule has 0 unspecified atom stereocenters. The summed E-state index contributed by atoms with van der Waals surface area (Å²) < 4.78 is 2.18. The fourth-order valence-electron chi connectivity index (χ4n) is 3.68. The van der Waals surface area contributed by atoms with Crippen LogP contribution >= 0.6 is 0 Å². The lowest BCUT2D eigenvalue weighted by molar-refractivity contribution is 0.0944. The molecular formula is C22H26N4O. The molecule has 27 heavy (non-hydrogen) atoms. The minimum Gasteiger partial charge on any atom is -0.351 e. The van der Waals surface area contributed by atoms with E-state index in [2.05, 4.69) is 38.9 Å². The predicted octanol–water partition coefficient (Wildman–Crippen LogP) is 3.82. The summed E-state index contributed by atoms with van der Waals surface area (Å²) >= 11 is 0. The molecule has 1 saturated carbocycles. The maximum Gasteiger partial charge on any atom is 0.252 e. The summed E-state index contributed by atoms with van der Waals surface area (Å²) in [6.07, 6.45) is 7.07. The quantitative estimate of drug-likeness (QED) is 0.725. The number of nitrogens with zero attached hydrogens (tertiary/aromatic N) is 3. The molecule has 1 aromatic carbocycles. The summed E-state index contributed by atoms with van der Waals surface area (Å²) in [7, 11) is 0. The number of nitrogens with one attached hydrogen (secondary N) is 1. The second kappa shape index (κ2) is 6.80. The minimum atomic E-state index is -0.00705. The van der Waals surface area contributed by atoms with Gasteiger partial charge in [0.1, 0.15) is 5.82 Å². The van der Waals surface area contributed by atoms with Gasteiger partial charge in [-0.05, 0) is 56.9 Å². The van der Waals surface area contributed by atoms with Gasteiger partial charge >= 0.3 is 0 Å². The molecule has 5 nitrogen and oxygen atoms in total. The zero-order valence-corrected chi connectivity index (χ0v) is 16.2. The summed E-state index contributed by atoms with van der Waals surface area (Å²) in [5, 5.41) is 4.13. The zero-order chi connectivity index (χ0) is 19.0. The molecule has 1 aliphatic rings. The first-order chi connectivity index (χ1) is 13.0. The van der Waals surface area contributed by atoms with Crippen LogP contribution in [0.4, 0.5) is 0 Å². The molecule has 1 aliphatic carbocycles. The highest BCUT2D eigenvalue weighted by molar-refractivity contribution is 6.06. The Morgan fingerprint density at radius 3 is 2.74 bits per heavy atom. The fourth-order valence-corrected chi connectivity index (χ4v) is 3.68. The topological polar surface area (TPSA) is 59.8 Å². The maximum atomic E-state index is 13.0. The Bertz CT molecular complexity index is 1000. The number of rotatable bonds is 6. The van der Waals surface area contributed by atoms with Crippen molar-refractivity contribution in [1.29, 1.82) is 0 Å². The number of carbonyl (C=O) groups excluding carboxylic acids is 1. The van der Waals surface area contributed by atoms with Crippen LogP contribution in [0, 0.1) is 19.3 Å². The molecule has 4 rings (SSSR count). The van der Waals surface area contributed by atoms with E-state index in [1.165, 1.54) is 5.56 Å². The summed E-state index contributed by atoms with van der Waals surface area (Å²) in [6, 6.07) is 8.10. The van der Waals surface area contributed by atoms with Crippen molar-refractivity contribution in [2.24, 2.45) is 5.41 Å². The van der Waals surface area contributed by atoms with E-state index in [1.54, 1.807) is 0 Å². The third-order valence-electron chi connectivity index (χ3n) is 5.66. The van der Waals surface area contributed by atoms with Gasteiger partial charge in [0, 0.05) is 42.0 Å². The first kappa shape index (κ1) is 17.7. The van der Waals surface area contributed by atoms with Crippen LogP contribution in [0.15, 0.2) is 36.7 Å². The van der Waals surface area contributed by atoms with Crippen LogP contribution in [0.1, 0.15) is 47.2 Å². The molecule has 1 amide bonds. The van der Waals surface area contributed by atoms with Gasteiger partial charge in [-0.3, -0.25) is 9.78 Å². The zero-order valence-electron chi connectivity index (χ0n) is 16.2. The van der Waals surface area contributed by atoms with Crippen molar-refractivity contribution in [3.8, 4) is 0 Å². The number of amides is 1. The van der Waals surface area contributed by atoms with E-state index in [4.69, 9.17) is 0 Å². The van der Waals surface area contributed by atoms with Crippen LogP contribution in [0.3, 0.4) is 0 Å². The number of imidazole rings is 1. The molecule has 0 atom stereocenters. The number of pyridine rings is 1. The van der Waals surface area contributed by atoms with Crippen LogP contribution in [0.25, 0.3) is 10.9 Å². The first-order valence-electron chi connectivity index (χ1n) is 9.66. The summed E-state index contributed by atoms with van der Waals surface area (Å²) in [6.45, 7) is 7.69. The van der Waals surface area contributed by atoms with E-state index in [0.717, 1.165) is 53.8 Å². The smallest absolute Gasteiger partial charge is 0.252 e. The highest BCUT2D eigenvalue weighted by atomic mass is 16.1. The van der Waals surface area contributed by atoms with Crippen molar-refractivity contribution >= 4 is 16.8 Å². The molecule has 2 aromatic heterocycles. The van der Waals surface area contributed by atoms with Gasteiger partial charge in [-0.2, -0.15) is 0 Å². The van der Waals surface area contributed by atoms with E-state index in [9.17, 15) is 4.79 Å². The predicted molar refractivity (Wildman–Crippen MR) is 107 cm³/mol. The van der Waals surface area contributed by atoms with Crippen molar-refractivity contribution in [2.75, 3.05) is 6.54 Å². The van der Waals surface area contributed by atoms with Crippen molar-refractivity contribution in [3.05, 3.63) is 59.3 Å². The Morgan fingerprint density at radius 2 is 2.07 bits per heavy atom. The molecule has 2 heterocycles. The van der Waals surface area contributed by atoms with E-state index < -0.39 is 0 Å². The lowest BCUT2D eigenvalue weighted by Gasteiger charge is -2.18. The Balaban J connectivity index is 1.54. The number of fused-ring (bicyclic) bond motifs is 1. The van der Waals surface area contributed by atoms with Gasteiger partial charge in [0.2, 0.25) is 0 Å². The van der Waals surface area contributed by atoms with Crippen molar-refractivity contribution < 1.29 is 4.79 Å². The molecule has 0 bridgehead atoms. The highest BCUT2D eigenvalue weighted by Gasteiger charge is 2.43. The molecule has 140 valence electrons. The van der Waals surface area contributed by atoms with Crippen molar-refractivity contribution in [2.45, 2.75) is 46.6 Å². The number of carbonyl (C=O) groups is 1. The van der Waals surface area contributed by atoms with E-state index in [1.807, 2.05) is 38.4 Å². The van der Waals surface area contributed by atoms with Gasteiger partial charge in [0.05, 0.1) is 11.1 Å². The number of aryl methyl sites for hydroxylation is 3. The van der Waals surface area contributed by atoms with Crippen molar-refractivity contribution in [1.82, 2.24) is 19.9 Å². The Morgan fingerprint density at radius 1 is 1.26 bits per heavy atom. The van der Waals surface area contributed by atoms with Gasteiger partial charge in [-0.25, -0.2) is 4.98 Å². The number of hydrogen-bond acceptors (Lipinski definition) is 3. The van der Waals surface area contributed by atoms with Gasteiger partial charge in [0.15, 0.2) is 0 Å². The van der Waals surface area contributed by atoms with Crippen LogP contribution in [-0.2, 0) is 13.0 Å². The molecule has 5 heteroatoms. The molecule has 0 aliphatic heterocycles. The average molecular weight is 362 g/mol. The number of hydrogen-bond donors (Lipinski definition) is 1. The normalized spacial score (nSPS) is 15.1. The summed E-state index contributed by atoms with van der Waals surface area (Å²) in [5.41, 5.74) is 3.85. The number of aromatic nitrogens is 3. The number of benzene rings is 1. The molecule has 1 N–H and O–H groups in total. The summed E-state index contributed by atoms with van der Waals surface area (Å²) in [5.74, 6) is 1.02. The lowest BCUT2D eigenvalue weighted by atomic mass is 10.0. The van der Waals surface area contributed by atoms with Crippen LogP contribution < -0.4 is 5.32 Å². The standard InChI is InChI=1S/C22H26N4O/c1-4-17-5-6-20-18(12-17)19(11-15(2)25-20)21(27)24-13-22(7-8-22)14-26-10-9-23-16(26)3/h5-6,9-12H,4,7-8,13-14H2,1-3H3,(H,24,27). The molecule has 3 aromatic rings. The van der Waals surface area contributed by atoms with E-state index in [-0.39, 0.29) is 11.3 Å². The summed E-state index contributed by atoms with van der Waals surface area (Å²) in [4.78, 5) is 21.9. The third-order valence-corrected chi connectivity index (χ3v) is 5.66. The fraction of sp³-hybridized carbons (Fsp3) is 0.409. The molecule has 0 saturated heterocycles. The minimum absolute atomic E-state index is 0.00705. The van der Waals surface area contributed by atoms with Crippen LogP contribution in [0.5, 0.6) is 0 Å².